The molecule has 136 valence electrons. The van der Waals surface area contributed by atoms with E-state index in [0.717, 1.165) is 17.5 Å². The van der Waals surface area contributed by atoms with E-state index in [0.29, 0.717) is 12.0 Å². The number of ether oxygens (including phenoxy) is 2. The van der Waals surface area contributed by atoms with Gasteiger partial charge >= 0.3 is 11.9 Å². The monoisotopic (exact) mass is 352 g/mol. The Bertz CT molecular complexity index is 667. The predicted octanol–water partition coefficient (Wildman–Crippen LogP) is 4.45. The van der Waals surface area contributed by atoms with Gasteiger partial charge in [-0.25, -0.2) is 0 Å². The number of carbonyl (C=O) groups is 2. The van der Waals surface area contributed by atoms with Crippen molar-refractivity contribution in [3.63, 3.8) is 0 Å². The van der Waals surface area contributed by atoms with Crippen LogP contribution in [0.5, 0.6) is 0 Å². The minimum absolute atomic E-state index is 0.113. The largest absolute Gasteiger partial charge is 0.460 e. The topological polar surface area (TPSA) is 52.6 Å². The average Bonchev–Trinajstić information content (AvgIpc) is 2.67. The van der Waals surface area contributed by atoms with Gasteiger partial charge in [-0.2, -0.15) is 0 Å². The maximum Gasteiger partial charge on any atom is 0.324 e. The number of rotatable bonds is 9. The Morgan fingerprint density at radius 1 is 0.846 bits per heavy atom. The first-order chi connectivity index (χ1) is 12.6. The maximum absolute atomic E-state index is 12.5. The van der Waals surface area contributed by atoms with Gasteiger partial charge in [-0.15, -0.1) is 0 Å². The van der Waals surface area contributed by atoms with Crippen LogP contribution in [-0.4, -0.2) is 11.9 Å². The summed E-state index contributed by atoms with van der Waals surface area (Å²) in [6.07, 6.45) is 1.35. The molecule has 4 heteroatoms. The average molecular weight is 352 g/mol. The minimum atomic E-state index is -1.10. The van der Waals surface area contributed by atoms with Crippen LogP contribution in [0.2, 0.25) is 0 Å². The molecule has 4 nitrogen and oxygen atoms in total. The summed E-state index contributed by atoms with van der Waals surface area (Å²) in [7, 11) is 0. The molecule has 2 aromatic carbocycles. The molecule has 0 amide bonds. The third kappa shape index (κ3) is 5.88. The van der Waals surface area contributed by atoms with Crippen LogP contribution in [0.4, 0.5) is 0 Å². The molecule has 2 aromatic rings. The third-order valence-electron chi connectivity index (χ3n) is 3.90. The molecule has 0 radical (unpaired) electrons. The van der Waals surface area contributed by atoms with Crippen LogP contribution in [0.25, 0.3) is 0 Å². The lowest BCUT2D eigenvalue weighted by Crippen LogP contribution is -2.29. The lowest BCUT2D eigenvalue weighted by atomic mass is 9.97. The Labute approximate surface area is 154 Å². The van der Waals surface area contributed by atoms with Gasteiger partial charge in [0.05, 0.1) is 0 Å². The normalized spacial score (nSPS) is 10.4. The van der Waals surface area contributed by atoms with Crippen molar-refractivity contribution in [3.05, 3.63) is 83.9 Å². The van der Waals surface area contributed by atoms with Crippen LogP contribution < -0.4 is 0 Å². The van der Waals surface area contributed by atoms with Crippen LogP contribution in [0, 0.1) is 5.92 Å². The second-order valence-corrected chi connectivity index (χ2v) is 6.03. The van der Waals surface area contributed by atoms with Crippen LogP contribution in [0.3, 0.4) is 0 Å². The van der Waals surface area contributed by atoms with Crippen molar-refractivity contribution in [3.8, 4) is 0 Å². The van der Waals surface area contributed by atoms with Gasteiger partial charge in [-0.1, -0.05) is 86.2 Å². The zero-order valence-corrected chi connectivity index (χ0v) is 15.0. The van der Waals surface area contributed by atoms with Crippen molar-refractivity contribution in [2.45, 2.75) is 33.0 Å². The fourth-order valence-corrected chi connectivity index (χ4v) is 2.52. The van der Waals surface area contributed by atoms with Gasteiger partial charge in [0, 0.05) is 0 Å². The summed E-state index contributed by atoms with van der Waals surface area (Å²) >= 11 is 0. The molecule has 0 unspecified atom stereocenters. The number of hydrogen-bond donors (Lipinski definition) is 0. The highest BCUT2D eigenvalue weighted by atomic mass is 16.6. The Balaban J connectivity index is 2.00. The molecular weight excluding hydrogens is 328 g/mol. The Kier molecular flexibility index (Phi) is 7.62. The van der Waals surface area contributed by atoms with E-state index in [-0.39, 0.29) is 13.2 Å². The molecular formula is C22H24O4. The van der Waals surface area contributed by atoms with Crippen molar-refractivity contribution < 1.29 is 19.1 Å². The fraction of sp³-hybridized carbons (Fsp3) is 0.273. The lowest BCUT2D eigenvalue weighted by Gasteiger charge is -2.17. The van der Waals surface area contributed by atoms with Crippen LogP contribution in [0.15, 0.2) is 72.8 Å². The first-order valence-corrected chi connectivity index (χ1v) is 8.70. The van der Waals surface area contributed by atoms with Crippen molar-refractivity contribution in [1.82, 2.24) is 0 Å². The molecule has 0 aliphatic rings. The molecule has 0 saturated carbocycles. The van der Waals surface area contributed by atoms with E-state index in [1.807, 2.05) is 67.6 Å². The van der Waals surface area contributed by atoms with E-state index in [1.165, 1.54) is 0 Å². The van der Waals surface area contributed by atoms with E-state index in [2.05, 4.69) is 6.58 Å². The minimum Gasteiger partial charge on any atom is -0.460 e. The molecule has 0 bridgehead atoms. The van der Waals surface area contributed by atoms with Gasteiger partial charge in [0.25, 0.3) is 0 Å². The molecule has 0 aromatic heterocycles. The molecule has 2 rings (SSSR count). The zero-order valence-electron chi connectivity index (χ0n) is 15.0. The molecule has 0 fully saturated rings. The molecule has 0 N–H and O–H groups in total. The predicted molar refractivity (Wildman–Crippen MR) is 100 cm³/mol. The summed E-state index contributed by atoms with van der Waals surface area (Å²) < 4.78 is 10.7. The molecule has 0 saturated heterocycles. The smallest absolute Gasteiger partial charge is 0.324 e. The number of esters is 2. The number of carbonyl (C=O) groups excluding carboxylic acids is 2. The first-order valence-electron chi connectivity index (χ1n) is 8.70. The van der Waals surface area contributed by atoms with E-state index in [9.17, 15) is 9.59 Å². The number of hydrogen-bond acceptors (Lipinski definition) is 4. The van der Waals surface area contributed by atoms with Crippen molar-refractivity contribution >= 4 is 11.9 Å². The Morgan fingerprint density at radius 2 is 1.27 bits per heavy atom. The van der Waals surface area contributed by atoms with Crippen LogP contribution >= 0.6 is 0 Å². The highest BCUT2D eigenvalue weighted by molar-refractivity contribution is 5.98. The number of benzene rings is 2. The standard InChI is InChI=1S/C22H24O4/c1-3-10-17(2)20(21(23)25-15-18-11-6-4-7-12-18)22(24)26-16-19-13-8-5-9-14-19/h4-9,11-14,20H,2-3,10,15-16H2,1H3. The molecule has 0 aliphatic carbocycles. The molecule has 0 aliphatic heterocycles. The summed E-state index contributed by atoms with van der Waals surface area (Å²) in [5, 5.41) is 0. The van der Waals surface area contributed by atoms with Gasteiger partial charge in [0.2, 0.25) is 0 Å². The quantitative estimate of drug-likeness (QED) is 0.380. The van der Waals surface area contributed by atoms with E-state index < -0.39 is 17.9 Å². The zero-order chi connectivity index (χ0) is 18.8. The summed E-state index contributed by atoms with van der Waals surface area (Å²) in [5.41, 5.74) is 2.24. The van der Waals surface area contributed by atoms with Gasteiger partial charge in [0.15, 0.2) is 5.92 Å². The summed E-state index contributed by atoms with van der Waals surface area (Å²) in [6, 6.07) is 18.7. The highest BCUT2D eigenvalue weighted by Gasteiger charge is 2.32. The van der Waals surface area contributed by atoms with E-state index >= 15 is 0 Å². The van der Waals surface area contributed by atoms with Crippen molar-refractivity contribution in [2.75, 3.05) is 0 Å². The van der Waals surface area contributed by atoms with Gasteiger partial charge < -0.3 is 9.47 Å². The van der Waals surface area contributed by atoms with Crippen molar-refractivity contribution in [1.29, 1.82) is 0 Å². The SMILES string of the molecule is C=C(CCC)C(C(=O)OCc1ccccc1)C(=O)OCc1ccccc1. The second-order valence-electron chi connectivity index (χ2n) is 6.03. The van der Waals surface area contributed by atoms with E-state index in [4.69, 9.17) is 9.47 Å². The molecule has 0 atom stereocenters. The molecule has 26 heavy (non-hydrogen) atoms. The van der Waals surface area contributed by atoms with Crippen LogP contribution in [0.1, 0.15) is 30.9 Å². The Morgan fingerprint density at radius 3 is 1.65 bits per heavy atom. The van der Waals surface area contributed by atoms with Gasteiger partial charge in [0.1, 0.15) is 13.2 Å². The summed E-state index contributed by atoms with van der Waals surface area (Å²) in [4.78, 5) is 25.0. The van der Waals surface area contributed by atoms with Crippen molar-refractivity contribution in [2.24, 2.45) is 5.92 Å². The Hall–Kier alpha value is -2.88. The molecule has 0 heterocycles. The third-order valence-corrected chi connectivity index (χ3v) is 3.90. The second kappa shape index (κ2) is 10.2. The highest BCUT2D eigenvalue weighted by Crippen LogP contribution is 2.20. The van der Waals surface area contributed by atoms with E-state index in [1.54, 1.807) is 0 Å². The van der Waals surface area contributed by atoms with Gasteiger partial charge in [-0.3, -0.25) is 9.59 Å². The lowest BCUT2D eigenvalue weighted by molar-refractivity contribution is -0.161. The van der Waals surface area contributed by atoms with Crippen LogP contribution in [-0.2, 0) is 32.3 Å². The maximum atomic E-state index is 12.5. The summed E-state index contributed by atoms with van der Waals surface area (Å²) in [5.74, 6) is -2.34. The molecule has 0 spiro atoms. The fourth-order valence-electron chi connectivity index (χ4n) is 2.52. The summed E-state index contributed by atoms with van der Waals surface area (Å²) in [6.45, 7) is 6.09. The first kappa shape index (κ1) is 19.4. The van der Waals surface area contributed by atoms with Gasteiger partial charge in [-0.05, 0) is 17.5 Å².